The Hall–Kier alpha value is -2.18. The van der Waals surface area contributed by atoms with Gasteiger partial charge in [-0.1, -0.05) is 6.92 Å². The molecular formula is C10H14N6O. The largest absolute Gasteiger partial charge is 0.404 e. The number of hydrogen-bond acceptors (Lipinski definition) is 6. The number of rotatable bonds is 5. The minimum absolute atomic E-state index is 0.271. The smallest absolute Gasteiger partial charge is 0.342 e. The molecule has 0 fully saturated rings. The molecule has 2 aromatic heterocycles. The molecule has 0 aliphatic rings. The molecule has 2 aromatic rings. The molecule has 0 spiro atoms. The fourth-order valence-electron chi connectivity index (χ4n) is 1.20. The van der Waals surface area contributed by atoms with Crippen LogP contribution in [0.1, 0.15) is 13.3 Å². The Kier molecular flexibility index (Phi) is 3.49. The second-order valence-electron chi connectivity index (χ2n) is 3.47. The van der Waals surface area contributed by atoms with Crippen LogP contribution in [0, 0.1) is 0 Å². The van der Waals surface area contributed by atoms with Gasteiger partial charge in [-0.15, -0.1) is 5.10 Å². The molecule has 7 nitrogen and oxygen atoms in total. The van der Waals surface area contributed by atoms with E-state index in [1.807, 2.05) is 0 Å². The molecule has 90 valence electrons. The fourth-order valence-corrected chi connectivity index (χ4v) is 1.20. The van der Waals surface area contributed by atoms with Crippen LogP contribution in [-0.4, -0.2) is 31.3 Å². The SMILES string of the molecule is CCCNc1cc(Oc2ncn(C)n2)ncn1. The molecule has 2 heterocycles. The molecular weight excluding hydrogens is 220 g/mol. The normalized spacial score (nSPS) is 10.2. The molecule has 0 radical (unpaired) electrons. The van der Waals surface area contributed by atoms with E-state index in [9.17, 15) is 0 Å². The summed E-state index contributed by atoms with van der Waals surface area (Å²) < 4.78 is 6.95. The molecule has 0 saturated carbocycles. The van der Waals surface area contributed by atoms with Crippen LogP contribution in [-0.2, 0) is 7.05 Å². The van der Waals surface area contributed by atoms with Crippen LogP contribution in [0.15, 0.2) is 18.7 Å². The van der Waals surface area contributed by atoms with Crippen molar-refractivity contribution in [3.8, 4) is 11.9 Å². The van der Waals surface area contributed by atoms with Crippen LogP contribution < -0.4 is 10.1 Å². The zero-order valence-corrected chi connectivity index (χ0v) is 9.79. The van der Waals surface area contributed by atoms with Crippen molar-refractivity contribution in [1.82, 2.24) is 24.7 Å². The number of aryl methyl sites for hydroxylation is 1. The van der Waals surface area contributed by atoms with Gasteiger partial charge < -0.3 is 10.1 Å². The highest BCUT2D eigenvalue weighted by atomic mass is 16.5. The minimum atomic E-state index is 0.271. The van der Waals surface area contributed by atoms with Gasteiger partial charge in [0.1, 0.15) is 18.5 Å². The van der Waals surface area contributed by atoms with Gasteiger partial charge in [-0.2, -0.15) is 4.98 Å². The lowest BCUT2D eigenvalue weighted by Gasteiger charge is -2.04. The third kappa shape index (κ3) is 3.13. The van der Waals surface area contributed by atoms with Crippen LogP contribution in [0.2, 0.25) is 0 Å². The van der Waals surface area contributed by atoms with Crippen molar-refractivity contribution < 1.29 is 4.74 Å². The first-order valence-corrected chi connectivity index (χ1v) is 5.37. The molecule has 0 aliphatic heterocycles. The maximum Gasteiger partial charge on any atom is 0.342 e. The quantitative estimate of drug-likeness (QED) is 0.838. The maximum absolute atomic E-state index is 5.39. The van der Waals surface area contributed by atoms with E-state index in [0.29, 0.717) is 5.88 Å². The molecule has 0 unspecified atom stereocenters. The average molecular weight is 234 g/mol. The number of nitrogens with zero attached hydrogens (tertiary/aromatic N) is 5. The summed E-state index contributed by atoms with van der Waals surface area (Å²) in [6.07, 6.45) is 4.03. The summed E-state index contributed by atoms with van der Waals surface area (Å²) in [4.78, 5) is 12.0. The first-order valence-electron chi connectivity index (χ1n) is 5.37. The van der Waals surface area contributed by atoms with E-state index in [2.05, 4.69) is 32.3 Å². The van der Waals surface area contributed by atoms with Gasteiger partial charge in [-0.05, 0) is 6.42 Å². The molecule has 2 rings (SSSR count). The number of nitrogens with one attached hydrogen (secondary N) is 1. The van der Waals surface area contributed by atoms with Crippen molar-refractivity contribution in [2.45, 2.75) is 13.3 Å². The van der Waals surface area contributed by atoms with Crippen molar-refractivity contribution in [3.63, 3.8) is 0 Å². The Labute approximate surface area is 98.9 Å². The second-order valence-corrected chi connectivity index (χ2v) is 3.47. The van der Waals surface area contributed by atoms with E-state index in [1.54, 1.807) is 24.1 Å². The minimum Gasteiger partial charge on any atom is -0.404 e. The number of ether oxygens (including phenoxy) is 1. The van der Waals surface area contributed by atoms with Crippen LogP contribution in [0.3, 0.4) is 0 Å². The first kappa shape index (κ1) is 11.3. The Morgan fingerprint density at radius 3 is 2.94 bits per heavy atom. The van der Waals surface area contributed by atoms with Crippen LogP contribution in [0.25, 0.3) is 0 Å². The summed E-state index contributed by atoms with van der Waals surface area (Å²) in [7, 11) is 1.77. The first-order chi connectivity index (χ1) is 8.28. The number of aromatic nitrogens is 5. The average Bonchev–Trinajstić information content (AvgIpc) is 2.73. The molecule has 7 heteroatoms. The van der Waals surface area contributed by atoms with Gasteiger partial charge in [0.05, 0.1) is 0 Å². The lowest BCUT2D eigenvalue weighted by molar-refractivity contribution is 0.422. The van der Waals surface area contributed by atoms with Gasteiger partial charge in [0.25, 0.3) is 0 Å². The van der Waals surface area contributed by atoms with Gasteiger partial charge in [0.2, 0.25) is 5.88 Å². The lowest BCUT2D eigenvalue weighted by Crippen LogP contribution is -2.02. The summed E-state index contributed by atoms with van der Waals surface area (Å²) in [6.45, 7) is 2.95. The topological polar surface area (TPSA) is 77.8 Å². The molecule has 0 saturated heterocycles. The van der Waals surface area contributed by atoms with Gasteiger partial charge >= 0.3 is 6.01 Å². The highest BCUT2D eigenvalue weighted by molar-refractivity contribution is 5.37. The molecule has 0 aliphatic carbocycles. The van der Waals surface area contributed by atoms with Gasteiger partial charge in [0.15, 0.2) is 0 Å². The van der Waals surface area contributed by atoms with Crippen molar-refractivity contribution in [1.29, 1.82) is 0 Å². The fraction of sp³-hybridized carbons (Fsp3) is 0.400. The third-order valence-electron chi connectivity index (χ3n) is 1.97. The Balaban J connectivity index is 2.05. The number of hydrogen-bond donors (Lipinski definition) is 1. The lowest BCUT2D eigenvalue weighted by atomic mass is 10.4. The Bertz CT molecular complexity index is 483. The van der Waals surface area contributed by atoms with E-state index in [1.165, 1.54) is 6.33 Å². The van der Waals surface area contributed by atoms with Crippen molar-refractivity contribution >= 4 is 5.82 Å². The van der Waals surface area contributed by atoms with Crippen LogP contribution >= 0.6 is 0 Å². The van der Waals surface area contributed by atoms with E-state index in [0.717, 1.165) is 18.8 Å². The summed E-state index contributed by atoms with van der Waals surface area (Å²) >= 11 is 0. The Morgan fingerprint density at radius 2 is 2.24 bits per heavy atom. The molecule has 1 N–H and O–H groups in total. The summed E-state index contributed by atoms with van der Waals surface area (Å²) in [5, 5.41) is 7.15. The summed E-state index contributed by atoms with van der Waals surface area (Å²) in [5.74, 6) is 1.15. The van der Waals surface area contributed by atoms with Gasteiger partial charge in [-0.3, -0.25) is 4.68 Å². The monoisotopic (exact) mass is 234 g/mol. The van der Waals surface area contributed by atoms with Crippen LogP contribution in [0.5, 0.6) is 11.9 Å². The standard InChI is InChI=1S/C10H14N6O/c1-3-4-11-8-5-9(13-6-12-8)17-10-14-7-16(2)15-10/h5-7H,3-4H2,1-2H3,(H,11,12,13). The zero-order chi connectivity index (χ0) is 12.1. The highest BCUT2D eigenvalue weighted by Crippen LogP contribution is 2.16. The predicted molar refractivity (Wildman–Crippen MR) is 61.9 cm³/mol. The van der Waals surface area contributed by atoms with Gasteiger partial charge in [0, 0.05) is 19.7 Å². The Morgan fingerprint density at radius 1 is 1.35 bits per heavy atom. The summed E-state index contributed by atoms with van der Waals surface area (Å²) in [6, 6.07) is 1.99. The maximum atomic E-state index is 5.39. The number of anilines is 1. The van der Waals surface area contributed by atoms with E-state index in [-0.39, 0.29) is 6.01 Å². The van der Waals surface area contributed by atoms with Crippen molar-refractivity contribution in [2.75, 3.05) is 11.9 Å². The van der Waals surface area contributed by atoms with Gasteiger partial charge in [-0.25, -0.2) is 9.97 Å². The predicted octanol–water partition coefficient (Wildman–Crippen LogP) is 1.22. The molecule has 0 amide bonds. The molecule has 0 aromatic carbocycles. The van der Waals surface area contributed by atoms with E-state index in [4.69, 9.17) is 4.74 Å². The zero-order valence-electron chi connectivity index (χ0n) is 9.79. The highest BCUT2D eigenvalue weighted by Gasteiger charge is 2.04. The van der Waals surface area contributed by atoms with Crippen molar-refractivity contribution in [2.24, 2.45) is 7.05 Å². The van der Waals surface area contributed by atoms with Crippen molar-refractivity contribution in [3.05, 3.63) is 18.7 Å². The third-order valence-corrected chi connectivity index (χ3v) is 1.97. The second kappa shape index (κ2) is 5.24. The molecule has 0 atom stereocenters. The molecule has 0 bridgehead atoms. The summed E-state index contributed by atoms with van der Waals surface area (Å²) in [5.41, 5.74) is 0. The van der Waals surface area contributed by atoms with E-state index < -0.39 is 0 Å². The van der Waals surface area contributed by atoms with E-state index >= 15 is 0 Å². The van der Waals surface area contributed by atoms with Crippen LogP contribution in [0.4, 0.5) is 5.82 Å². The molecule has 17 heavy (non-hydrogen) atoms.